The van der Waals surface area contributed by atoms with Crippen molar-refractivity contribution in [2.24, 2.45) is 5.92 Å². The summed E-state index contributed by atoms with van der Waals surface area (Å²) in [4.78, 5) is 30.4. The maximum Gasteiger partial charge on any atom is 0.231 e. The molecule has 3 rings (SSSR count). The van der Waals surface area contributed by atoms with Gasteiger partial charge in [-0.25, -0.2) is 4.98 Å². The highest BCUT2D eigenvalue weighted by atomic mass is 35.5. The smallest absolute Gasteiger partial charge is 0.231 e. The van der Waals surface area contributed by atoms with Crippen LogP contribution in [-0.2, 0) is 9.59 Å². The van der Waals surface area contributed by atoms with Crippen molar-refractivity contribution < 1.29 is 14.3 Å². The Balaban J connectivity index is 1.71. The molecule has 1 fully saturated rings. The maximum atomic E-state index is 12.3. The Bertz CT molecular complexity index is 793. The first-order valence-corrected chi connectivity index (χ1v) is 8.60. The number of methoxy groups -OCH3 is 1. The largest absolute Gasteiger partial charge is 0.495 e. The number of benzene rings is 1. The molecule has 8 heteroatoms. The number of carbonyl (C=O) groups excluding carboxylic acids is 2. The Hall–Kier alpha value is -2.12. The lowest BCUT2D eigenvalue weighted by atomic mass is 10.1. The number of rotatable bonds is 4. The Kier molecular flexibility index (Phi) is 4.73. The molecule has 126 valence electrons. The van der Waals surface area contributed by atoms with Crippen molar-refractivity contribution >= 4 is 45.6 Å². The van der Waals surface area contributed by atoms with Gasteiger partial charge in [0.1, 0.15) is 5.75 Å². The summed E-state index contributed by atoms with van der Waals surface area (Å²) in [6, 6.07) is 5.13. The molecule has 0 saturated carbocycles. The highest BCUT2D eigenvalue weighted by Gasteiger charge is 2.35. The third-order valence-corrected chi connectivity index (χ3v) is 4.96. The van der Waals surface area contributed by atoms with E-state index in [4.69, 9.17) is 16.3 Å². The summed E-state index contributed by atoms with van der Waals surface area (Å²) < 4.78 is 5.11. The molecule has 0 bridgehead atoms. The zero-order chi connectivity index (χ0) is 17.3. The number of halogens is 1. The Morgan fingerprint density at radius 2 is 2.29 bits per heavy atom. The van der Waals surface area contributed by atoms with Crippen LogP contribution in [0.3, 0.4) is 0 Å². The van der Waals surface area contributed by atoms with E-state index >= 15 is 0 Å². The number of aromatic nitrogens is 1. The van der Waals surface area contributed by atoms with Crippen LogP contribution in [0.2, 0.25) is 5.02 Å². The van der Waals surface area contributed by atoms with Gasteiger partial charge in [0.2, 0.25) is 11.8 Å². The van der Waals surface area contributed by atoms with Crippen LogP contribution in [0.5, 0.6) is 5.75 Å². The Morgan fingerprint density at radius 1 is 1.50 bits per heavy atom. The van der Waals surface area contributed by atoms with Gasteiger partial charge < -0.3 is 15.0 Å². The number of anilines is 2. The van der Waals surface area contributed by atoms with Crippen molar-refractivity contribution in [1.82, 2.24) is 4.98 Å². The van der Waals surface area contributed by atoms with Gasteiger partial charge in [-0.05, 0) is 25.1 Å². The minimum atomic E-state index is -0.414. The average Bonchev–Trinajstić information content (AvgIpc) is 3.13. The average molecular weight is 366 g/mol. The van der Waals surface area contributed by atoms with Crippen LogP contribution >= 0.6 is 22.9 Å². The van der Waals surface area contributed by atoms with Gasteiger partial charge in [0, 0.05) is 24.0 Å². The molecule has 0 radical (unpaired) electrons. The monoisotopic (exact) mass is 365 g/mol. The molecule has 1 N–H and O–H groups in total. The predicted molar refractivity (Wildman–Crippen MR) is 93.9 cm³/mol. The minimum Gasteiger partial charge on any atom is -0.495 e. The number of thiazole rings is 1. The number of nitrogens with zero attached hydrogens (tertiary/aromatic N) is 2. The van der Waals surface area contributed by atoms with E-state index in [0.717, 1.165) is 5.69 Å². The van der Waals surface area contributed by atoms with Crippen LogP contribution < -0.4 is 15.0 Å². The van der Waals surface area contributed by atoms with Crippen LogP contribution in [0.1, 0.15) is 12.1 Å². The second-order valence-electron chi connectivity index (χ2n) is 5.51. The van der Waals surface area contributed by atoms with Crippen LogP contribution in [0, 0.1) is 12.8 Å². The molecule has 6 nitrogen and oxygen atoms in total. The number of hydrogen-bond donors (Lipinski definition) is 1. The van der Waals surface area contributed by atoms with E-state index in [1.54, 1.807) is 23.1 Å². The molecule has 1 atom stereocenters. The van der Waals surface area contributed by atoms with E-state index in [1.807, 2.05) is 12.3 Å². The number of hydrogen-bond acceptors (Lipinski definition) is 5. The first-order valence-electron chi connectivity index (χ1n) is 7.35. The zero-order valence-corrected chi connectivity index (χ0v) is 14.8. The summed E-state index contributed by atoms with van der Waals surface area (Å²) in [5.74, 6) is -0.172. The predicted octanol–water partition coefficient (Wildman–Crippen LogP) is 3.11. The molecule has 24 heavy (non-hydrogen) atoms. The summed E-state index contributed by atoms with van der Waals surface area (Å²) in [6.45, 7) is 2.18. The summed E-state index contributed by atoms with van der Waals surface area (Å²) in [5, 5.41) is 5.61. The van der Waals surface area contributed by atoms with Crippen molar-refractivity contribution in [2.75, 3.05) is 23.9 Å². The van der Waals surface area contributed by atoms with Crippen LogP contribution in [0.15, 0.2) is 23.6 Å². The third-order valence-electron chi connectivity index (χ3n) is 3.79. The van der Waals surface area contributed by atoms with Crippen molar-refractivity contribution in [3.8, 4) is 5.75 Å². The Labute approximate surface area is 148 Å². The van der Waals surface area contributed by atoms with Crippen LogP contribution in [0.25, 0.3) is 0 Å². The topological polar surface area (TPSA) is 71.5 Å². The van der Waals surface area contributed by atoms with Gasteiger partial charge in [0.05, 0.1) is 23.7 Å². The second-order valence-corrected chi connectivity index (χ2v) is 6.77. The number of ether oxygens (including phenoxy) is 1. The normalized spacial score (nSPS) is 17.2. The molecule has 1 aliphatic rings. The molecule has 1 saturated heterocycles. The van der Waals surface area contributed by atoms with Gasteiger partial charge in [0.15, 0.2) is 5.13 Å². The number of carbonyl (C=O) groups is 2. The van der Waals surface area contributed by atoms with E-state index in [-0.39, 0.29) is 18.2 Å². The molecule has 1 aliphatic heterocycles. The molecule has 0 unspecified atom stereocenters. The summed E-state index contributed by atoms with van der Waals surface area (Å²) in [7, 11) is 1.53. The fraction of sp³-hybridized carbons (Fsp3) is 0.312. The molecule has 1 aromatic carbocycles. The second kappa shape index (κ2) is 6.78. The standard InChI is InChI=1S/C16H16ClN3O3S/c1-9-8-24-16(18-9)19-15(22)10-5-14(21)20(7-10)11-3-4-13(23-2)12(17)6-11/h3-4,6,8,10H,5,7H2,1-2H3,(H,18,19,22)/t10-/m0/s1. The number of aryl methyl sites for hydroxylation is 1. The SMILES string of the molecule is COc1ccc(N2C[C@@H](C(=O)Nc3nc(C)cs3)CC2=O)cc1Cl. The van der Waals surface area contributed by atoms with E-state index in [2.05, 4.69) is 10.3 Å². The quantitative estimate of drug-likeness (QED) is 0.903. The van der Waals surface area contributed by atoms with Crippen LogP contribution in [-0.4, -0.2) is 30.5 Å². The summed E-state index contributed by atoms with van der Waals surface area (Å²) >= 11 is 7.48. The fourth-order valence-corrected chi connectivity index (χ4v) is 3.52. The lowest BCUT2D eigenvalue weighted by molar-refractivity contribution is -0.122. The zero-order valence-electron chi connectivity index (χ0n) is 13.2. The highest BCUT2D eigenvalue weighted by molar-refractivity contribution is 7.13. The lowest BCUT2D eigenvalue weighted by Crippen LogP contribution is -2.28. The van der Waals surface area contributed by atoms with Crippen molar-refractivity contribution in [1.29, 1.82) is 0 Å². The fourth-order valence-electron chi connectivity index (χ4n) is 2.57. The third kappa shape index (κ3) is 3.37. The van der Waals surface area contributed by atoms with E-state index in [1.165, 1.54) is 18.4 Å². The van der Waals surface area contributed by atoms with Crippen molar-refractivity contribution in [3.05, 3.63) is 34.3 Å². The molecule has 2 aromatic rings. The molecular weight excluding hydrogens is 350 g/mol. The van der Waals surface area contributed by atoms with Crippen molar-refractivity contribution in [2.45, 2.75) is 13.3 Å². The molecule has 1 aromatic heterocycles. The summed E-state index contributed by atoms with van der Waals surface area (Å²) in [5.41, 5.74) is 1.51. The number of nitrogens with one attached hydrogen (secondary N) is 1. The molecule has 2 amide bonds. The molecular formula is C16H16ClN3O3S. The summed E-state index contributed by atoms with van der Waals surface area (Å²) in [6.07, 6.45) is 0.167. The van der Waals surface area contributed by atoms with Gasteiger partial charge in [-0.3, -0.25) is 9.59 Å². The molecule has 0 spiro atoms. The molecule has 2 heterocycles. The maximum absolute atomic E-state index is 12.3. The van der Waals surface area contributed by atoms with Crippen molar-refractivity contribution in [3.63, 3.8) is 0 Å². The lowest BCUT2D eigenvalue weighted by Gasteiger charge is -2.17. The first-order chi connectivity index (χ1) is 11.5. The first kappa shape index (κ1) is 16.7. The highest BCUT2D eigenvalue weighted by Crippen LogP contribution is 2.32. The number of amides is 2. The Morgan fingerprint density at radius 3 is 2.92 bits per heavy atom. The van der Waals surface area contributed by atoms with Gasteiger partial charge in [-0.15, -0.1) is 11.3 Å². The van der Waals surface area contributed by atoms with Gasteiger partial charge in [-0.2, -0.15) is 0 Å². The van der Waals surface area contributed by atoms with Gasteiger partial charge in [0.25, 0.3) is 0 Å². The van der Waals surface area contributed by atoms with E-state index in [9.17, 15) is 9.59 Å². The van der Waals surface area contributed by atoms with Crippen LogP contribution in [0.4, 0.5) is 10.8 Å². The van der Waals surface area contributed by atoms with E-state index < -0.39 is 5.92 Å². The molecule has 0 aliphatic carbocycles. The van der Waals surface area contributed by atoms with Gasteiger partial charge in [-0.1, -0.05) is 11.6 Å². The van der Waals surface area contributed by atoms with Gasteiger partial charge >= 0.3 is 0 Å². The minimum absolute atomic E-state index is 0.105. The van der Waals surface area contributed by atoms with E-state index in [0.29, 0.717) is 28.1 Å².